The summed E-state index contributed by atoms with van der Waals surface area (Å²) in [5.41, 5.74) is 0.410. The fourth-order valence-corrected chi connectivity index (χ4v) is 1.27. The maximum Gasteiger partial charge on any atom is 0.282 e. The predicted octanol–water partition coefficient (Wildman–Crippen LogP) is 2.21. The first-order valence-corrected chi connectivity index (χ1v) is 4.64. The molecule has 0 unspecified atom stereocenters. The molecule has 0 atom stereocenters. The monoisotopic (exact) mass is 215 g/mol. The molecule has 0 N–H and O–H groups in total. The number of amidine groups is 1. The number of nitrogens with zero attached hydrogens (tertiary/aromatic N) is 3. The van der Waals surface area contributed by atoms with E-state index in [4.69, 9.17) is 4.74 Å². The Morgan fingerprint density at radius 2 is 2.19 bits per heavy atom. The maximum absolute atomic E-state index is 11.8. The summed E-state index contributed by atoms with van der Waals surface area (Å²) in [6.45, 7) is 0. The van der Waals surface area contributed by atoms with Crippen LogP contribution < -0.4 is 4.74 Å². The SMILES string of the molecule is COc1ccccc1C(=O)N=C1C=CN=N1. The highest BCUT2D eigenvalue weighted by molar-refractivity contribution is 6.08. The van der Waals surface area contributed by atoms with Gasteiger partial charge in [-0.3, -0.25) is 4.79 Å². The molecule has 80 valence electrons. The van der Waals surface area contributed by atoms with Crippen LogP contribution in [0.4, 0.5) is 0 Å². The van der Waals surface area contributed by atoms with Crippen LogP contribution in [0.3, 0.4) is 0 Å². The van der Waals surface area contributed by atoms with Crippen molar-refractivity contribution in [3.05, 3.63) is 42.1 Å². The zero-order chi connectivity index (χ0) is 11.4. The van der Waals surface area contributed by atoms with Gasteiger partial charge in [0.05, 0.1) is 18.9 Å². The van der Waals surface area contributed by atoms with E-state index in [1.807, 2.05) is 0 Å². The van der Waals surface area contributed by atoms with E-state index in [1.54, 1.807) is 30.3 Å². The van der Waals surface area contributed by atoms with Crippen molar-refractivity contribution >= 4 is 11.7 Å². The number of benzene rings is 1. The second-order valence-electron chi connectivity index (χ2n) is 3.01. The number of carbonyl (C=O) groups is 1. The summed E-state index contributed by atoms with van der Waals surface area (Å²) in [4.78, 5) is 15.6. The van der Waals surface area contributed by atoms with E-state index < -0.39 is 5.91 Å². The molecule has 1 amide bonds. The van der Waals surface area contributed by atoms with Crippen LogP contribution in [-0.4, -0.2) is 18.9 Å². The van der Waals surface area contributed by atoms with Crippen LogP contribution in [-0.2, 0) is 0 Å². The molecule has 0 saturated heterocycles. The highest BCUT2D eigenvalue weighted by atomic mass is 16.5. The standard InChI is InChI=1S/C11H9N3O2/c1-16-9-5-3-2-4-8(9)11(15)13-10-6-7-12-14-10/h2-7H,1H3. The van der Waals surface area contributed by atoms with Gasteiger partial charge in [0, 0.05) is 6.08 Å². The molecule has 0 bridgehead atoms. The minimum atomic E-state index is -0.391. The van der Waals surface area contributed by atoms with E-state index in [0.29, 0.717) is 17.1 Å². The van der Waals surface area contributed by atoms with Crippen LogP contribution in [0.5, 0.6) is 5.75 Å². The number of aliphatic imine (C=N–C) groups is 1. The lowest BCUT2D eigenvalue weighted by molar-refractivity contribution is 0.1000. The van der Waals surface area contributed by atoms with Gasteiger partial charge in [-0.05, 0) is 12.1 Å². The molecule has 1 aromatic carbocycles. The molecule has 5 nitrogen and oxygen atoms in total. The highest BCUT2D eigenvalue weighted by Gasteiger charge is 2.11. The van der Waals surface area contributed by atoms with E-state index in [1.165, 1.54) is 13.3 Å². The quantitative estimate of drug-likeness (QED) is 0.759. The molecule has 0 spiro atoms. The average Bonchev–Trinajstić information content (AvgIpc) is 2.81. The van der Waals surface area contributed by atoms with Gasteiger partial charge < -0.3 is 4.74 Å². The zero-order valence-electron chi connectivity index (χ0n) is 8.62. The van der Waals surface area contributed by atoms with E-state index in [9.17, 15) is 4.79 Å². The van der Waals surface area contributed by atoms with E-state index >= 15 is 0 Å². The van der Waals surface area contributed by atoms with Crippen molar-refractivity contribution in [1.29, 1.82) is 0 Å². The van der Waals surface area contributed by atoms with Crippen molar-refractivity contribution in [3.8, 4) is 5.75 Å². The number of carbonyl (C=O) groups excluding carboxylic acids is 1. The van der Waals surface area contributed by atoms with Gasteiger partial charge in [-0.1, -0.05) is 12.1 Å². The molecule has 0 fully saturated rings. The molecule has 0 aromatic heterocycles. The molecule has 1 heterocycles. The average molecular weight is 215 g/mol. The van der Waals surface area contributed by atoms with Crippen molar-refractivity contribution < 1.29 is 9.53 Å². The fourth-order valence-electron chi connectivity index (χ4n) is 1.27. The Kier molecular flexibility index (Phi) is 2.86. The van der Waals surface area contributed by atoms with Gasteiger partial charge in [0.1, 0.15) is 5.75 Å². The Bertz CT molecular complexity index is 490. The first-order valence-electron chi connectivity index (χ1n) is 4.64. The highest BCUT2D eigenvalue weighted by Crippen LogP contribution is 2.18. The number of azo groups is 1. The molecule has 0 saturated carbocycles. The zero-order valence-corrected chi connectivity index (χ0v) is 8.62. The second kappa shape index (κ2) is 4.48. The second-order valence-corrected chi connectivity index (χ2v) is 3.01. The van der Waals surface area contributed by atoms with Crippen LogP contribution >= 0.6 is 0 Å². The number of amides is 1. The summed E-state index contributed by atoms with van der Waals surface area (Å²) in [5, 5.41) is 7.24. The van der Waals surface area contributed by atoms with Crippen molar-refractivity contribution in [2.45, 2.75) is 0 Å². The van der Waals surface area contributed by atoms with Crippen LogP contribution in [0, 0.1) is 0 Å². The molecule has 0 aliphatic carbocycles. The summed E-state index contributed by atoms with van der Waals surface area (Å²) >= 11 is 0. The van der Waals surface area contributed by atoms with Crippen molar-refractivity contribution in [2.24, 2.45) is 15.2 Å². The third kappa shape index (κ3) is 2.03. The Morgan fingerprint density at radius 1 is 1.38 bits per heavy atom. The normalized spacial score (nSPS) is 15.7. The molecular formula is C11H9N3O2. The summed E-state index contributed by atoms with van der Waals surface area (Å²) in [7, 11) is 1.51. The van der Waals surface area contributed by atoms with Crippen LogP contribution in [0.25, 0.3) is 0 Å². The van der Waals surface area contributed by atoms with E-state index in [0.717, 1.165) is 0 Å². The molecular weight excluding hydrogens is 206 g/mol. The molecule has 16 heavy (non-hydrogen) atoms. The fraction of sp³-hybridized carbons (Fsp3) is 0.0909. The smallest absolute Gasteiger partial charge is 0.282 e. The van der Waals surface area contributed by atoms with Crippen molar-refractivity contribution in [2.75, 3.05) is 7.11 Å². The number of rotatable bonds is 2. The maximum atomic E-state index is 11.8. The minimum absolute atomic E-state index is 0.302. The van der Waals surface area contributed by atoms with Gasteiger partial charge in [-0.15, -0.1) is 5.11 Å². The Labute approximate surface area is 92.2 Å². The molecule has 2 rings (SSSR count). The number of methoxy groups -OCH3 is 1. The van der Waals surface area contributed by atoms with E-state index in [-0.39, 0.29) is 0 Å². The minimum Gasteiger partial charge on any atom is -0.496 e. The lowest BCUT2D eigenvalue weighted by Crippen LogP contribution is -2.01. The number of para-hydroxylation sites is 1. The molecule has 0 radical (unpaired) electrons. The third-order valence-corrected chi connectivity index (χ3v) is 2.00. The number of hydrogen-bond donors (Lipinski definition) is 0. The molecule has 1 aliphatic rings. The third-order valence-electron chi connectivity index (χ3n) is 2.00. The molecule has 1 aromatic rings. The van der Waals surface area contributed by atoms with Gasteiger partial charge in [0.2, 0.25) is 0 Å². The Hall–Kier alpha value is -2.30. The number of ether oxygens (including phenoxy) is 1. The Balaban J connectivity index is 2.30. The van der Waals surface area contributed by atoms with Crippen molar-refractivity contribution in [1.82, 2.24) is 0 Å². The molecule has 5 heteroatoms. The van der Waals surface area contributed by atoms with Gasteiger partial charge in [0.25, 0.3) is 5.91 Å². The van der Waals surface area contributed by atoms with Crippen molar-refractivity contribution in [3.63, 3.8) is 0 Å². The summed E-state index contributed by atoms with van der Waals surface area (Å²) in [5.74, 6) is 0.407. The predicted molar refractivity (Wildman–Crippen MR) is 58.8 cm³/mol. The molecule has 1 aliphatic heterocycles. The largest absolute Gasteiger partial charge is 0.496 e. The summed E-state index contributed by atoms with van der Waals surface area (Å²) < 4.78 is 5.07. The van der Waals surface area contributed by atoms with Gasteiger partial charge in [-0.25, -0.2) is 0 Å². The first-order chi connectivity index (χ1) is 7.81. The first kappa shape index (κ1) is 10.2. The van der Waals surface area contributed by atoms with E-state index in [2.05, 4.69) is 15.2 Å². The topological polar surface area (TPSA) is 63.4 Å². The van der Waals surface area contributed by atoms with Crippen LogP contribution in [0.2, 0.25) is 0 Å². The summed E-state index contributed by atoms with van der Waals surface area (Å²) in [6.07, 6.45) is 3.04. The Morgan fingerprint density at radius 3 is 2.88 bits per heavy atom. The number of hydrogen-bond acceptors (Lipinski definition) is 3. The summed E-state index contributed by atoms with van der Waals surface area (Å²) in [6, 6.07) is 6.90. The van der Waals surface area contributed by atoms with Gasteiger partial charge in [0.15, 0.2) is 5.84 Å². The van der Waals surface area contributed by atoms with Crippen LogP contribution in [0.1, 0.15) is 10.4 Å². The lowest BCUT2D eigenvalue weighted by atomic mass is 10.2. The van der Waals surface area contributed by atoms with Gasteiger partial charge in [-0.2, -0.15) is 10.1 Å². The van der Waals surface area contributed by atoms with Gasteiger partial charge >= 0.3 is 0 Å². The lowest BCUT2D eigenvalue weighted by Gasteiger charge is -2.03. The van der Waals surface area contributed by atoms with Crippen LogP contribution in [0.15, 0.2) is 51.8 Å².